The number of carbonyl (C=O) groups is 1. The Morgan fingerprint density at radius 2 is 1.82 bits per heavy atom. The number of ether oxygens (including phenoxy) is 2. The number of carbonyl (C=O) groups excluding carboxylic acids is 2. The van der Waals surface area contributed by atoms with Gasteiger partial charge in [-0.1, -0.05) is 46.0 Å². The summed E-state index contributed by atoms with van der Waals surface area (Å²) in [6, 6.07) is -0.0671. The summed E-state index contributed by atoms with van der Waals surface area (Å²) < 4.78 is 12.1. The standard InChI is InChI=1S/C23H40NO4/c1-16(2)18(15-25)14-20-19(13-17-11-9-8-10-12-17)24(23(6,7)27-20)21(26)28-22(3,4)5/h16-20H,8-14H2,1-7H3/t18-,19+,20+/m1/s1. The molecule has 0 unspecified atom stereocenters. The van der Waals surface area contributed by atoms with Crippen molar-refractivity contribution >= 4 is 12.4 Å². The van der Waals surface area contributed by atoms with Gasteiger partial charge in [-0.25, -0.2) is 4.79 Å². The van der Waals surface area contributed by atoms with Gasteiger partial charge in [-0.2, -0.15) is 0 Å². The van der Waals surface area contributed by atoms with E-state index in [4.69, 9.17) is 9.47 Å². The van der Waals surface area contributed by atoms with Gasteiger partial charge in [0.15, 0.2) is 0 Å². The van der Waals surface area contributed by atoms with Crippen LogP contribution < -0.4 is 0 Å². The average Bonchev–Trinajstić information content (AvgIpc) is 2.81. The fourth-order valence-corrected chi connectivity index (χ4v) is 4.67. The SMILES string of the molecule is CC(C)[C@@H]([C]=O)C[C@@H]1OC(C)(C)N(C(=O)OC(C)(C)C)[C@H]1CC1CCCCC1. The molecule has 1 saturated carbocycles. The van der Waals surface area contributed by atoms with Crippen LogP contribution in [0.15, 0.2) is 0 Å². The third-order valence-electron chi connectivity index (χ3n) is 6.11. The summed E-state index contributed by atoms with van der Waals surface area (Å²) in [4.78, 5) is 26.4. The molecule has 0 aromatic heterocycles. The van der Waals surface area contributed by atoms with Gasteiger partial charge in [-0.3, -0.25) is 9.69 Å². The molecule has 5 heteroatoms. The highest BCUT2D eigenvalue weighted by atomic mass is 16.6. The molecule has 2 aliphatic rings. The number of hydrogen-bond donors (Lipinski definition) is 0. The van der Waals surface area contributed by atoms with Gasteiger partial charge in [-0.05, 0) is 59.3 Å². The van der Waals surface area contributed by atoms with Crippen LogP contribution >= 0.6 is 0 Å². The van der Waals surface area contributed by atoms with Gasteiger partial charge in [0.25, 0.3) is 0 Å². The summed E-state index contributed by atoms with van der Waals surface area (Å²) in [5.41, 5.74) is -1.31. The van der Waals surface area contributed by atoms with Crippen molar-refractivity contribution in [3.05, 3.63) is 0 Å². The molecule has 0 spiro atoms. The Morgan fingerprint density at radius 1 is 1.21 bits per heavy atom. The minimum absolute atomic E-state index is 0.0671. The Bertz CT molecular complexity index is 531. The third-order valence-corrected chi connectivity index (χ3v) is 6.11. The van der Waals surface area contributed by atoms with Crippen LogP contribution in [0.4, 0.5) is 4.79 Å². The molecule has 0 aromatic rings. The van der Waals surface area contributed by atoms with E-state index in [1.54, 1.807) is 4.90 Å². The second-order valence-electron chi connectivity index (χ2n) is 10.5. The summed E-state index contributed by atoms with van der Waals surface area (Å²) >= 11 is 0. The number of rotatable bonds is 6. The van der Waals surface area contributed by atoms with E-state index >= 15 is 0 Å². The van der Waals surface area contributed by atoms with E-state index in [0.717, 1.165) is 6.42 Å². The highest BCUT2D eigenvalue weighted by Gasteiger charge is 2.52. The molecule has 1 radical (unpaired) electrons. The second kappa shape index (κ2) is 9.15. The minimum atomic E-state index is -0.753. The maximum absolute atomic E-state index is 13.1. The van der Waals surface area contributed by atoms with Gasteiger partial charge in [0.05, 0.1) is 12.1 Å². The molecule has 2 rings (SSSR count). The predicted octanol–water partition coefficient (Wildman–Crippen LogP) is 5.47. The fourth-order valence-electron chi connectivity index (χ4n) is 4.67. The van der Waals surface area contributed by atoms with Crippen molar-refractivity contribution in [3.63, 3.8) is 0 Å². The van der Waals surface area contributed by atoms with Gasteiger partial charge in [0, 0.05) is 5.92 Å². The highest BCUT2D eigenvalue weighted by molar-refractivity contribution is 5.70. The summed E-state index contributed by atoms with van der Waals surface area (Å²) in [5.74, 6) is 0.616. The Balaban J connectivity index is 2.27. The van der Waals surface area contributed by atoms with Crippen molar-refractivity contribution in [1.82, 2.24) is 4.90 Å². The maximum Gasteiger partial charge on any atom is 0.412 e. The molecule has 2 fully saturated rings. The first-order valence-electron chi connectivity index (χ1n) is 11.0. The van der Waals surface area contributed by atoms with E-state index in [9.17, 15) is 9.59 Å². The first-order chi connectivity index (χ1) is 12.9. The number of hydrogen-bond acceptors (Lipinski definition) is 4. The summed E-state index contributed by atoms with van der Waals surface area (Å²) in [7, 11) is 0. The lowest BCUT2D eigenvalue weighted by molar-refractivity contribution is -0.0817. The van der Waals surface area contributed by atoms with Crippen molar-refractivity contribution < 1.29 is 19.1 Å². The molecule has 161 valence electrons. The van der Waals surface area contributed by atoms with Gasteiger partial charge >= 0.3 is 6.09 Å². The normalized spacial score (nSPS) is 27.1. The fraction of sp³-hybridized carbons (Fsp3) is 0.913. The molecule has 1 heterocycles. The Kier molecular flexibility index (Phi) is 7.57. The topological polar surface area (TPSA) is 55.8 Å². The van der Waals surface area contributed by atoms with Crippen LogP contribution in [-0.2, 0) is 14.3 Å². The minimum Gasteiger partial charge on any atom is -0.444 e. The first-order valence-corrected chi connectivity index (χ1v) is 11.0. The van der Waals surface area contributed by atoms with Crippen molar-refractivity contribution in [3.8, 4) is 0 Å². The van der Waals surface area contributed by atoms with Crippen LogP contribution in [0.2, 0.25) is 0 Å². The lowest BCUT2D eigenvalue weighted by atomic mass is 9.81. The Labute approximate surface area is 171 Å². The molecule has 0 bridgehead atoms. The smallest absolute Gasteiger partial charge is 0.412 e. The Morgan fingerprint density at radius 3 is 2.32 bits per heavy atom. The van der Waals surface area contributed by atoms with Crippen LogP contribution in [0.5, 0.6) is 0 Å². The summed E-state index contributed by atoms with van der Waals surface area (Å²) in [5, 5.41) is 0. The highest BCUT2D eigenvalue weighted by Crippen LogP contribution is 2.41. The molecule has 1 aliphatic heterocycles. The lowest BCUT2D eigenvalue weighted by Gasteiger charge is -2.37. The largest absolute Gasteiger partial charge is 0.444 e. The third kappa shape index (κ3) is 5.95. The molecule has 1 amide bonds. The van der Waals surface area contributed by atoms with E-state index in [-0.39, 0.29) is 30.1 Å². The molecule has 0 N–H and O–H groups in total. The zero-order chi connectivity index (χ0) is 21.1. The zero-order valence-electron chi connectivity index (χ0n) is 18.9. The average molecular weight is 395 g/mol. The van der Waals surface area contributed by atoms with Crippen LogP contribution in [0.25, 0.3) is 0 Å². The second-order valence-corrected chi connectivity index (χ2v) is 10.5. The molecule has 1 saturated heterocycles. The van der Waals surface area contributed by atoms with E-state index < -0.39 is 11.3 Å². The quantitative estimate of drug-likeness (QED) is 0.599. The van der Waals surface area contributed by atoms with Gasteiger partial charge in [-0.15, -0.1) is 0 Å². The van der Waals surface area contributed by atoms with Crippen molar-refractivity contribution in [2.45, 2.75) is 117 Å². The van der Waals surface area contributed by atoms with Crippen molar-refractivity contribution in [2.75, 3.05) is 0 Å². The predicted molar refractivity (Wildman–Crippen MR) is 111 cm³/mol. The van der Waals surface area contributed by atoms with Gasteiger partial charge in [0.1, 0.15) is 11.3 Å². The van der Waals surface area contributed by atoms with Crippen molar-refractivity contribution in [2.24, 2.45) is 17.8 Å². The molecule has 3 atom stereocenters. The van der Waals surface area contributed by atoms with E-state index in [2.05, 4.69) is 6.29 Å². The van der Waals surface area contributed by atoms with Crippen LogP contribution in [0, 0.1) is 17.8 Å². The summed E-state index contributed by atoms with van der Waals surface area (Å²) in [6.07, 6.45) is 9.46. The van der Waals surface area contributed by atoms with Crippen molar-refractivity contribution in [1.29, 1.82) is 0 Å². The maximum atomic E-state index is 13.1. The molecule has 28 heavy (non-hydrogen) atoms. The summed E-state index contributed by atoms with van der Waals surface area (Å²) in [6.45, 7) is 13.6. The number of amides is 1. The van der Waals surface area contributed by atoms with Crippen LogP contribution in [0.1, 0.15) is 93.4 Å². The lowest BCUT2D eigenvalue weighted by Crippen LogP contribution is -2.51. The van der Waals surface area contributed by atoms with Crippen LogP contribution in [0.3, 0.4) is 0 Å². The molecular formula is C23H40NO4. The monoisotopic (exact) mass is 394 g/mol. The molecule has 5 nitrogen and oxygen atoms in total. The van der Waals surface area contributed by atoms with Gasteiger partial charge < -0.3 is 9.47 Å². The van der Waals surface area contributed by atoms with Crippen LogP contribution in [-0.4, -0.2) is 40.8 Å². The number of nitrogens with zero attached hydrogens (tertiary/aromatic N) is 1. The molecule has 0 aromatic carbocycles. The first kappa shape index (κ1) is 23.2. The Hall–Kier alpha value is -1.10. The van der Waals surface area contributed by atoms with Gasteiger partial charge in [0.2, 0.25) is 6.29 Å². The zero-order valence-corrected chi connectivity index (χ0v) is 18.9. The van der Waals surface area contributed by atoms with E-state index in [0.29, 0.717) is 12.3 Å². The molecular weight excluding hydrogens is 354 g/mol. The molecule has 1 aliphatic carbocycles. The van der Waals surface area contributed by atoms with E-state index in [1.807, 2.05) is 48.5 Å². The van der Waals surface area contributed by atoms with E-state index in [1.165, 1.54) is 32.1 Å².